The number of aliphatic hydroxyl groups excluding tert-OH is 13. The molecule has 33 atom stereocenters. The van der Waals surface area contributed by atoms with Crippen LogP contribution >= 0.6 is 0 Å². The minimum absolute atomic E-state index is 0.0557. The Hall–Kier alpha value is -4.19. The summed E-state index contributed by atoms with van der Waals surface area (Å²) < 4.78 is 49.1. The Morgan fingerprint density at radius 1 is 0.657 bits per heavy atom. The second-order valence-corrected chi connectivity index (χ2v) is 31.7. The SMILES string of the molecule is CC[C@H](O[C@H]1C[C@@](C)(O)[C@H](O[C@H]2CC[C@H](OC(=O)[C@H](C)[C@H](O)c3ccc4c(c3)C(=O)C=C(C)C4=O)[C@@H](C)O2)[C@H](C)O1)[C@H](C)[C@H](O)[C@@H](C)[C@H](O)[C@H](C)[C@H]1OC(=O)C=C[C@H](C)[C@H](O)C[C@H](O)CCC[C@@H](O)CC[C@@H](C)[C@H](O)C(=O)[C@]2(O)O[C@H](C[C@H](O)C[C@H](O)C[C@H](O)CCC[C@H](O)[C@@H]3O[C@H]3[C@@H]1C)C[C@H](O)[C@H]2O. The molecular formula is C77H122O28. The van der Waals surface area contributed by atoms with E-state index in [4.69, 9.17) is 37.9 Å². The van der Waals surface area contributed by atoms with E-state index in [1.165, 1.54) is 44.2 Å². The lowest BCUT2D eigenvalue weighted by molar-refractivity contribution is -0.330. The van der Waals surface area contributed by atoms with Gasteiger partial charge in [0.05, 0.1) is 109 Å². The highest BCUT2D eigenvalue weighted by Crippen LogP contribution is 2.43. The van der Waals surface area contributed by atoms with E-state index in [2.05, 4.69) is 0 Å². The van der Waals surface area contributed by atoms with Crippen molar-refractivity contribution in [3.05, 3.63) is 58.7 Å². The maximum Gasteiger partial charge on any atom is 0.330 e. The number of hydrogen-bond donors (Lipinski definition) is 15. The summed E-state index contributed by atoms with van der Waals surface area (Å²) in [6, 6.07) is 4.40. The van der Waals surface area contributed by atoms with Crippen LogP contribution in [0.25, 0.3) is 0 Å². The first-order valence-corrected chi connectivity index (χ1v) is 38.0. The van der Waals surface area contributed by atoms with Crippen molar-refractivity contribution in [1.29, 1.82) is 0 Å². The fraction of sp³-hybridized carbons (Fsp3) is 0.805. The van der Waals surface area contributed by atoms with Gasteiger partial charge in [-0.3, -0.25) is 19.2 Å². The van der Waals surface area contributed by atoms with Gasteiger partial charge in [-0.25, -0.2) is 4.79 Å². The molecule has 598 valence electrons. The van der Waals surface area contributed by atoms with Crippen LogP contribution in [0.4, 0.5) is 0 Å². The van der Waals surface area contributed by atoms with Gasteiger partial charge in [-0.2, -0.15) is 0 Å². The highest BCUT2D eigenvalue weighted by atomic mass is 16.7. The zero-order valence-electron chi connectivity index (χ0n) is 62.9. The minimum atomic E-state index is -3.07. The van der Waals surface area contributed by atoms with Crippen LogP contribution in [0.3, 0.4) is 0 Å². The fourth-order valence-electron chi connectivity index (χ4n) is 15.8. The molecule has 1 aromatic rings. The molecule has 7 rings (SSSR count). The number of carbonyl (C=O) groups excluding carboxylic acids is 5. The van der Waals surface area contributed by atoms with Gasteiger partial charge in [0.2, 0.25) is 5.78 Å². The second-order valence-electron chi connectivity index (χ2n) is 31.7. The Labute approximate surface area is 616 Å². The van der Waals surface area contributed by atoms with Gasteiger partial charge in [0.15, 0.2) is 24.1 Å². The molecule has 4 fully saturated rings. The second kappa shape index (κ2) is 38.6. The number of ether oxygens (including phenoxy) is 8. The van der Waals surface area contributed by atoms with E-state index in [1.807, 2.05) is 6.92 Å². The molecule has 1 aliphatic carbocycles. The third-order valence-electron chi connectivity index (χ3n) is 22.9. The summed E-state index contributed by atoms with van der Waals surface area (Å²) in [6.07, 6.45) is -22.1. The lowest BCUT2D eigenvalue weighted by Gasteiger charge is -2.47. The number of aliphatic hydroxyl groups is 15. The highest BCUT2D eigenvalue weighted by molar-refractivity contribution is 6.24. The summed E-state index contributed by atoms with van der Waals surface area (Å²) in [6.45, 7) is 19.9. The summed E-state index contributed by atoms with van der Waals surface area (Å²) in [4.78, 5) is 66.2. The van der Waals surface area contributed by atoms with Crippen molar-refractivity contribution in [3.63, 3.8) is 0 Å². The lowest BCUT2D eigenvalue weighted by atomic mass is 9.77. The number of rotatable bonds is 15. The van der Waals surface area contributed by atoms with Crippen molar-refractivity contribution in [3.8, 4) is 0 Å². The minimum Gasteiger partial charge on any atom is -0.459 e. The Kier molecular flexibility index (Phi) is 32.4. The molecule has 0 saturated carbocycles. The number of hydrogen-bond acceptors (Lipinski definition) is 28. The maximum absolute atomic E-state index is 13.9. The van der Waals surface area contributed by atoms with Gasteiger partial charge in [-0.05, 0) is 154 Å². The van der Waals surface area contributed by atoms with Crippen molar-refractivity contribution in [2.45, 2.75) is 350 Å². The van der Waals surface area contributed by atoms with E-state index < -0.39 is 217 Å². The lowest BCUT2D eigenvalue weighted by Crippen LogP contribution is -2.65. The Balaban J connectivity index is 0.948. The van der Waals surface area contributed by atoms with Crippen molar-refractivity contribution in [2.75, 3.05) is 0 Å². The van der Waals surface area contributed by atoms with Crippen LogP contribution in [0, 0.1) is 41.4 Å². The van der Waals surface area contributed by atoms with Gasteiger partial charge < -0.3 is 114 Å². The summed E-state index contributed by atoms with van der Waals surface area (Å²) in [7, 11) is 0. The normalized spacial score (nSPS) is 40.5. The van der Waals surface area contributed by atoms with Crippen molar-refractivity contribution in [2.24, 2.45) is 41.4 Å². The first-order valence-electron chi connectivity index (χ1n) is 38.0. The number of cyclic esters (lactones) is 1. The number of benzene rings is 1. The van der Waals surface area contributed by atoms with E-state index in [-0.39, 0.29) is 118 Å². The van der Waals surface area contributed by atoms with Gasteiger partial charge in [-0.1, -0.05) is 60.6 Å². The molecule has 0 spiro atoms. The molecule has 0 amide bonds. The van der Waals surface area contributed by atoms with E-state index >= 15 is 0 Å². The Morgan fingerprint density at radius 2 is 1.29 bits per heavy atom. The van der Waals surface area contributed by atoms with Crippen LogP contribution in [-0.2, 0) is 52.3 Å². The van der Waals surface area contributed by atoms with Gasteiger partial charge in [-0.15, -0.1) is 0 Å². The van der Waals surface area contributed by atoms with Crippen LogP contribution in [0.1, 0.15) is 225 Å². The predicted molar refractivity (Wildman–Crippen MR) is 376 cm³/mol. The summed E-state index contributed by atoms with van der Waals surface area (Å²) in [5.74, 6) is -12.3. The van der Waals surface area contributed by atoms with Crippen LogP contribution in [0.2, 0.25) is 0 Å². The maximum atomic E-state index is 13.9. The average Bonchev–Trinajstić information content (AvgIpc) is 1.34. The molecule has 5 heterocycles. The molecule has 1 aromatic carbocycles. The van der Waals surface area contributed by atoms with Crippen LogP contribution < -0.4 is 0 Å². The third-order valence-corrected chi connectivity index (χ3v) is 22.9. The zero-order valence-corrected chi connectivity index (χ0v) is 62.9. The average molecular weight is 1500 g/mol. The third kappa shape index (κ3) is 23.0. The Bertz CT molecular complexity index is 3050. The number of allylic oxidation sites excluding steroid dienone is 2. The number of esters is 2. The first kappa shape index (κ1) is 88.0. The molecule has 15 N–H and O–H groups in total. The fourth-order valence-corrected chi connectivity index (χ4v) is 15.8. The van der Waals surface area contributed by atoms with Gasteiger partial charge >= 0.3 is 11.9 Å². The number of carbonyl (C=O) groups is 5. The summed E-state index contributed by atoms with van der Waals surface area (Å²) in [5.41, 5.74) is -0.586. The van der Waals surface area contributed by atoms with Gasteiger partial charge in [0.25, 0.3) is 5.79 Å². The standard InChI is InChI=1S/C77H122O28/c1-13-59(100-63-35-76(12,96)74(45(11)99-63)103-62-27-25-60(44(10)98-62)101-75(95)42(8)68(92)46-22-24-53-54(29-46)57(85)28-38(4)64(53)88)39(5)66(90)40(6)67(91)41(7)69-43(9)70-71(104-70)55(83)19-15-18-48(79)30-50(81)31-51(82)32-52-34-58(86)72(93)77(97,105-52)73(94)65(89)37(3)20-23-47(78)16-14-17-49(80)33-56(84)36(2)21-26-61(87)102-69/h21-22,24,26,28-29,36-37,39-45,47-52,55-56,58-60,62-63,65-72,74,78-84,86,89-93,96-97H,13-20,23,25,27,30-35H2,1-12H3/t36-,37+,39-,40+,41-,42+,43+,44+,45-,47+,48+,49+,50+,51+,52+,55-,56+,58-,59-,60-,62-,63-,65-,66-,67-,68-,69+,70-,71-,72+,74+,76+,77+/m0/s1. The summed E-state index contributed by atoms with van der Waals surface area (Å²) >= 11 is 0. The predicted octanol–water partition coefficient (Wildman–Crippen LogP) is 3.31. The zero-order chi connectivity index (χ0) is 78.0. The number of fused-ring (bicyclic) bond motifs is 4. The quantitative estimate of drug-likeness (QED) is 0.0884. The molecule has 0 unspecified atom stereocenters. The van der Waals surface area contributed by atoms with Crippen LogP contribution in [0.5, 0.6) is 0 Å². The van der Waals surface area contributed by atoms with Gasteiger partial charge in [0, 0.05) is 71.6 Å². The molecule has 6 aliphatic rings. The van der Waals surface area contributed by atoms with Crippen molar-refractivity contribution >= 4 is 29.3 Å². The molecule has 4 saturated heterocycles. The smallest absolute Gasteiger partial charge is 0.330 e. The monoisotopic (exact) mass is 1490 g/mol. The molecule has 2 bridgehead atoms. The highest BCUT2D eigenvalue weighted by Gasteiger charge is 2.57. The van der Waals surface area contributed by atoms with Crippen molar-refractivity contribution < 1.29 is 138 Å². The van der Waals surface area contributed by atoms with E-state index in [0.29, 0.717) is 24.8 Å². The largest absolute Gasteiger partial charge is 0.459 e. The molecule has 28 heteroatoms. The van der Waals surface area contributed by atoms with E-state index in [9.17, 15) is 101 Å². The van der Waals surface area contributed by atoms with E-state index in [0.717, 1.165) is 6.08 Å². The number of ketones is 3. The Morgan fingerprint density at radius 3 is 1.94 bits per heavy atom. The topological polar surface area (TPSA) is 466 Å². The van der Waals surface area contributed by atoms with Crippen molar-refractivity contribution in [1.82, 2.24) is 0 Å². The molecule has 105 heavy (non-hydrogen) atoms. The van der Waals surface area contributed by atoms with Crippen LogP contribution in [-0.4, -0.2) is 258 Å². The molecule has 5 aliphatic heterocycles. The van der Waals surface area contributed by atoms with E-state index in [1.54, 1.807) is 62.3 Å². The molecule has 28 nitrogen and oxygen atoms in total. The van der Waals surface area contributed by atoms with Gasteiger partial charge in [0.1, 0.15) is 36.6 Å². The number of epoxide rings is 1. The molecule has 0 radical (unpaired) electrons. The first-order chi connectivity index (χ1) is 49.2. The molecular weight excluding hydrogens is 1370 g/mol. The molecule has 0 aromatic heterocycles. The summed E-state index contributed by atoms with van der Waals surface area (Å²) in [5, 5.41) is 169. The van der Waals surface area contributed by atoms with Crippen LogP contribution in [0.15, 0.2) is 42.0 Å². The number of Topliss-reactive ketones (excluding diaryl/α,β-unsaturated/α-hetero) is 2.